The number of benzene rings is 1. The van der Waals surface area contributed by atoms with Crippen molar-refractivity contribution in [1.82, 2.24) is 15.5 Å². The van der Waals surface area contributed by atoms with Crippen molar-refractivity contribution in [3.8, 4) is 5.75 Å². The minimum atomic E-state index is -4.39. The summed E-state index contributed by atoms with van der Waals surface area (Å²) in [5, 5.41) is 7.80. The zero-order chi connectivity index (χ0) is 24.6. The summed E-state index contributed by atoms with van der Waals surface area (Å²) in [6, 6.07) is 11.0. The molecule has 0 atom stereocenters. The van der Waals surface area contributed by atoms with Crippen molar-refractivity contribution >= 4 is 29.5 Å². The van der Waals surface area contributed by atoms with Gasteiger partial charge in [-0.3, -0.25) is 9.79 Å². The average Bonchev–Trinajstić information content (AvgIpc) is 3.38. The van der Waals surface area contributed by atoms with Gasteiger partial charge < -0.3 is 20.3 Å². The highest BCUT2D eigenvalue weighted by molar-refractivity contribution is 7.10. The predicted molar refractivity (Wildman–Crippen MR) is 128 cm³/mol. The van der Waals surface area contributed by atoms with E-state index in [-0.39, 0.29) is 17.3 Å². The zero-order valence-electron chi connectivity index (χ0n) is 19.1. The van der Waals surface area contributed by atoms with Crippen LogP contribution in [-0.4, -0.2) is 69.6 Å². The first-order valence-corrected chi connectivity index (χ1v) is 11.6. The SMILES string of the molecule is CN=CNC(=NCC(F)(F)F)N1CCC(CNC(=O)c2ccccc2OC)(c2cccs2)CC1. The molecule has 11 heteroatoms. The number of likely N-dealkylation sites (tertiary alicyclic amines) is 1. The standard InChI is InChI=1S/C23H28F3N5O2S/c1-27-16-30-21(29-15-23(24,25)26)31-11-9-22(10-12-31,19-8-5-13-34-19)14-28-20(32)17-6-3-4-7-18(17)33-2/h3-8,13,16H,9-12,14-15H2,1-2H3,(H,28,32)(H,27,29,30). The van der Waals surface area contributed by atoms with Crippen molar-refractivity contribution in [3.05, 3.63) is 52.2 Å². The molecule has 184 valence electrons. The Morgan fingerprint density at radius 3 is 2.59 bits per heavy atom. The monoisotopic (exact) mass is 495 g/mol. The lowest BCUT2D eigenvalue weighted by molar-refractivity contribution is -0.118. The summed E-state index contributed by atoms with van der Waals surface area (Å²) in [6.07, 6.45) is -1.80. The molecule has 2 N–H and O–H groups in total. The lowest BCUT2D eigenvalue weighted by Crippen LogP contribution is -2.52. The Labute approximate surface area is 200 Å². The largest absolute Gasteiger partial charge is 0.496 e. The van der Waals surface area contributed by atoms with Crippen LogP contribution in [0.3, 0.4) is 0 Å². The Balaban J connectivity index is 1.75. The van der Waals surface area contributed by atoms with Crippen molar-refractivity contribution in [2.75, 3.05) is 40.3 Å². The summed E-state index contributed by atoms with van der Waals surface area (Å²) < 4.78 is 43.5. The maximum absolute atomic E-state index is 12.9. The van der Waals surface area contributed by atoms with Crippen LogP contribution in [0, 0.1) is 0 Å². The Kier molecular flexibility index (Phi) is 8.54. The Morgan fingerprint density at radius 1 is 1.24 bits per heavy atom. The van der Waals surface area contributed by atoms with Gasteiger partial charge in [0.1, 0.15) is 12.3 Å². The number of nitrogens with one attached hydrogen (secondary N) is 2. The van der Waals surface area contributed by atoms with Crippen LogP contribution in [0.4, 0.5) is 13.2 Å². The summed E-state index contributed by atoms with van der Waals surface area (Å²) in [5.74, 6) is 0.402. The molecule has 0 saturated carbocycles. The molecule has 1 aromatic carbocycles. The molecule has 1 aromatic heterocycles. The number of para-hydroxylation sites is 1. The molecule has 2 aromatic rings. The molecule has 0 bridgehead atoms. The summed E-state index contributed by atoms with van der Waals surface area (Å²) in [6.45, 7) is 0.0822. The van der Waals surface area contributed by atoms with Gasteiger partial charge in [-0.25, -0.2) is 4.99 Å². The van der Waals surface area contributed by atoms with E-state index in [0.29, 0.717) is 43.8 Å². The van der Waals surface area contributed by atoms with Gasteiger partial charge in [0, 0.05) is 37.0 Å². The highest BCUT2D eigenvalue weighted by atomic mass is 32.1. The van der Waals surface area contributed by atoms with E-state index >= 15 is 0 Å². The van der Waals surface area contributed by atoms with Crippen LogP contribution in [0.25, 0.3) is 0 Å². The number of piperidine rings is 1. The molecule has 34 heavy (non-hydrogen) atoms. The minimum absolute atomic E-state index is 0.140. The third-order valence-corrected chi connectivity index (χ3v) is 6.85. The van der Waals surface area contributed by atoms with Crippen molar-refractivity contribution in [2.24, 2.45) is 9.98 Å². The fourth-order valence-electron chi connectivity index (χ4n) is 3.94. The van der Waals surface area contributed by atoms with Gasteiger partial charge in [0.05, 0.1) is 19.0 Å². The number of methoxy groups -OCH3 is 1. The maximum atomic E-state index is 12.9. The molecule has 1 amide bonds. The molecule has 0 radical (unpaired) electrons. The molecule has 1 aliphatic heterocycles. The number of amides is 1. The number of hydrogen-bond donors (Lipinski definition) is 2. The van der Waals surface area contributed by atoms with Gasteiger partial charge in [0.15, 0.2) is 5.96 Å². The highest BCUT2D eigenvalue weighted by Crippen LogP contribution is 2.38. The second-order valence-corrected chi connectivity index (χ2v) is 8.86. The topological polar surface area (TPSA) is 78.3 Å². The number of nitrogens with zero attached hydrogens (tertiary/aromatic N) is 3. The van der Waals surface area contributed by atoms with Crippen LogP contribution < -0.4 is 15.4 Å². The first kappa shape index (κ1) is 25.5. The molecule has 0 spiro atoms. The maximum Gasteiger partial charge on any atom is 0.408 e. The number of halogens is 3. The van der Waals surface area contributed by atoms with Gasteiger partial charge in [-0.15, -0.1) is 11.3 Å². The molecule has 3 rings (SSSR count). The third kappa shape index (κ3) is 6.49. The van der Waals surface area contributed by atoms with E-state index in [1.54, 1.807) is 40.5 Å². The lowest BCUT2D eigenvalue weighted by atomic mass is 9.77. The molecule has 0 unspecified atom stereocenters. The van der Waals surface area contributed by atoms with E-state index in [4.69, 9.17) is 4.74 Å². The van der Waals surface area contributed by atoms with Crippen molar-refractivity contribution in [2.45, 2.75) is 24.4 Å². The average molecular weight is 496 g/mol. The smallest absolute Gasteiger partial charge is 0.408 e. The van der Waals surface area contributed by atoms with Gasteiger partial charge in [-0.1, -0.05) is 18.2 Å². The predicted octanol–water partition coefficient (Wildman–Crippen LogP) is 3.69. The molecular weight excluding hydrogens is 467 g/mol. The van der Waals surface area contributed by atoms with E-state index in [0.717, 1.165) is 4.88 Å². The highest BCUT2D eigenvalue weighted by Gasteiger charge is 2.38. The van der Waals surface area contributed by atoms with Crippen LogP contribution in [0.15, 0.2) is 51.8 Å². The van der Waals surface area contributed by atoms with Gasteiger partial charge in [0.25, 0.3) is 5.91 Å². The normalized spacial score (nSPS) is 16.5. The number of hydrogen-bond acceptors (Lipinski definition) is 5. The minimum Gasteiger partial charge on any atom is -0.496 e. The Bertz CT molecular complexity index is 1000. The van der Waals surface area contributed by atoms with E-state index < -0.39 is 12.7 Å². The number of carbonyl (C=O) groups is 1. The fourth-order valence-corrected chi connectivity index (χ4v) is 4.93. The van der Waals surface area contributed by atoms with Crippen LogP contribution in [-0.2, 0) is 5.41 Å². The second kappa shape index (κ2) is 11.4. The third-order valence-electron chi connectivity index (χ3n) is 5.73. The molecule has 1 aliphatic rings. The van der Waals surface area contributed by atoms with Crippen molar-refractivity contribution in [3.63, 3.8) is 0 Å². The van der Waals surface area contributed by atoms with Gasteiger partial charge in [-0.2, -0.15) is 13.2 Å². The fraction of sp³-hybridized carbons (Fsp3) is 0.435. The van der Waals surface area contributed by atoms with Crippen molar-refractivity contribution in [1.29, 1.82) is 0 Å². The number of carbonyl (C=O) groups excluding carboxylic acids is 1. The van der Waals surface area contributed by atoms with Crippen molar-refractivity contribution < 1.29 is 22.7 Å². The van der Waals surface area contributed by atoms with E-state index in [1.807, 2.05) is 17.5 Å². The molecule has 1 saturated heterocycles. The van der Waals surface area contributed by atoms with Gasteiger partial charge in [0.2, 0.25) is 0 Å². The summed E-state index contributed by atoms with van der Waals surface area (Å²) in [4.78, 5) is 23.4. The number of alkyl halides is 3. The zero-order valence-corrected chi connectivity index (χ0v) is 19.9. The Morgan fingerprint density at radius 2 is 1.97 bits per heavy atom. The number of aliphatic imine (C=N–C) groups is 2. The molecule has 0 aliphatic carbocycles. The number of rotatable bonds is 7. The van der Waals surface area contributed by atoms with Crippen LogP contribution in [0.2, 0.25) is 0 Å². The second-order valence-electron chi connectivity index (χ2n) is 7.91. The van der Waals surface area contributed by atoms with E-state index in [2.05, 4.69) is 20.6 Å². The number of thiophene rings is 1. The van der Waals surface area contributed by atoms with Crippen LogP contribution in [0.1, 0.15) is 28.1 Å². The molecule has 1 fully saturated rings. The number of guanidine groups is 1. The molecule has 2 heterocycles. The lowest BCUT2D eigenvalue weighted by Gasteiger charge is -2.42. The summed E-state index contributed by atoms with van der Waals surface area (Å²) in [5.41, 5.74) is 0.115. The van der Waals surface area contributed by atoms with E-state index in [9.17, 15) is 18.0 Å². The summed E-state index contributed by atoms with van der Waals surface area (Å²) in [7, 11) is 3.04. The quantitative estimate of drug-likeness (QED) is 0.454. The van der Waals surface area contributed by atoms with Crippen LogP contribution >= 0.6 is 11.3 Å². The first-order valence-electron chi connectivity index (χ1n) is 10.8. The van der Waals surface area contributed by atoms with Gasteiger partial charge in [-0.05, 0) is 36.4 Å². The van der Waals surface area contributed by atoms with E-state index in [1.165, 1.54) is 20.5 Å². The summed E-state index contributed by atoms with van der Waals surface area (Å²) >= 11 is 1.61. The van der Waals surface area contributed by atoms with Gasteiger partial charge >= 0.3 is 6.18 Å². The number of ether oxygens (including phenoxy) is 1. The first-order chi connectivity index (χ1) is 16.3. The Hall–Kier alpha value is -3.08. The molecular formula is C23H28F3N5O2S. The molecule has 7 nitrogen and oxygen atoms in total. The van der Waals surface area contributed by atoms with Crippen LogP contribution in [0.5, 0.6) is 5.75 Å².